The molecule has 2 amide bonds. The topological polar surface area (TPSA) is 76.7 Å². The smallest absolute Gasteiger partial charge is 0.263 e. The van der Waals surface area contributed by atoms with Gasteiger partial charge in [0.1, 0.15) is 4.32 Å². The molecule has 6 nitrogen and oxygen atoms in total. The molecule has 0 aromatic heterocycles. The first-order chi connectivity index (χ1) is 14.7. The Morgan fingerprint density at radius 2 is 1.90 bits per heavy atom. The van der Waals surface area contributed by atoms with Gasteiger partial charge in [0.25, 0.3) is 11.8 Å². The third-order valence-corrected chi connectivity index (χ3v) is 6.44. The lowest BCUT2D eigenvalue weighted by atomic mass is 10.1. The van der Waals surface area contributed by atoms with Crippen molar-refractivity contribution in [2.75, 3.05) is 19.0 Å². The zero-order valence-corrected chi connectivity index (χ0v) is 21.2. The van der Waals surface area contributed by atoms with Crippen LogP contribution in [0.1, 0.15) is 22.3 Å². The standard InChI is InChI=1S/C22H21IN2O4S2/c1-11-5-12(2)19(13(3)6-11)24-18(26)10-29-20-15(23)7-14(8-16(20)28-4)9-17-21(27)25-22(30)31-17/h5-9H,10H2,1-4H3,(H,24,26)(H,25,27,30)/b17-9-. The van der Waals surface area contributed by atoms with E-state index in [1.165, 1.54) is 18.9 Å². The summed E-state index contributed by atoms with van der Waals surface area (Å²) >= 11 is 8.35. The highest BCUT2D eigenvalue weighted by Crippen LogP contribution is 2.36. The van der Waals surface area contributed by atoms with Crippen LogP contribution in [0.2, 0.25) is 0 Å². The number of amides is 2. The molecule has 31 heavy (non-hydrogen) atoms. The average Bonchev–Trinajstić information content (AvgIpc) is 3.00. The van der Waals surface area contributed by atoms with E-state index < -0.39 is 0 Å². The molecule has 1 heterocycles. The van der Waals surface area contributed by atoms with E-state index in [1.807, 2.05) is 39.0 Å². The maximum absolute atomic E-state index is 12.5. The second-order valence-corrected chi connectivity index (χ2v) is 9.88. The van der Waals surface area contributed by atoms with Gasteiger partial charge in [0.2, 0.25) is 0 Å². The van der Waals surface area contributed by atoms with Crippen LogP contribution in [-0.4, -0.2) is 29.9 Å². The molecule has 2 aromatic rings. The summed E-state index contributed by atoms with van der Waals surface area (Å²) < 4.78 is 12.4. The number of halogens is 1. The quantitative estimate of drug-likeness (QED) is 0.298. The van der Waals surface area contributed by atoms with Gasteiger partial charge in [-0.05, 0) is 78.3 Å². The number of benzene rings is 2. The van der Waals surface area contributed by atoms with E-state index in [9.17, 15) is 9.59 Å². The molecule has 0 aliphatic carbocycles. The SMILES string of the molecule is COc1cc(/C=C2\SC(=S)NC2=O)cc(I)c1OCC(=O)Nc1c(C)cc(C)cc1C. The highest BCUT2D eigenvalue weighted by Gasteiger charge is 2.22. The molecule has 0 spiro atoms. The molecule has 0 saturated carbocycles. The number of anilines is 1. The molecule has 0 bridgehead atoms. The lowest BCUT2D eigenvalue weighted by molar-refractivity contribution is -0.118. The van der Waals surface area contributed by atoms with Crippen LogP contribution in [-0.2, 0) is 9.59 Å². The average molecular weight is 568 g/mol. The Hall–Kier alpha value is -2.11. The zero-order valence-electron chi connectivity index (χ0n) is 17.4. The van der Waals surface area contributed by atoms with Gasteiger partial charge in [-0.15, -0.1) is 0 Å². The van der Waals surface area contributed by atoms with E-state index in [0.29, 0.717) is 20.7 Å². The van der Waals surface area contributed by atoms with E-state index >= 15 is 0 Å². The molecule has 162 valence electrons. The number of hydrogen-bond acceptors (Lipinski definition) is 6. The fraction of sp³-hybridized carbons (Fsp3) is 0.227. The molecule has 1 aliphatic rings. The molecular formula is C22H21IN2O4S2. The Labute approximate surface area is 204 Å². The first kappa shape index (κ1) is 23.6. The van der Waals surface area contributed by atoms with Crippen LogP contribution in [0.3, 0.4) is 0 Å². The van der Waals surface area contributed by atoms with Crippen LogP contribution in [0.4, 0.5) is 5.69 Å². The van der Waals surface area contributed by atoms with Crippen molar-refractivity contribution in [2.24, 2.45) is 0 Å². The summed E-state index contributed by atoms with van der Waals surface area (Å²) in [6, 6.07) is 7.66. The Morgan fingerprint density at radius 3 is 2.48 bits per heavy atom. The maximum Gasteiger partial charge on any atom is 0.263 e. The normalized spacial score (nSPS) is 14.5. The fourth-order valence-electron chi connectivity index (χ4n) is 3.23. The second-order valence-electron chi connectivity index (χ2n) is 7.00. The molecule has 9 heteroatoms. The molecular weight excluding hydrogens is 547 g/mol. The van der Waals surface area contributed by atoms with Gasteiger partial charge in [0.15, 0.2) is 18.1 Å². The minimum Gasteiger partial charge on any atom is -0.493 e. The van der Waals surface area contributed by atoms with Gasteiger partial charge >= 0.3 is 0 Å². The minimum absolute atomic E-state index is 0.161. The molecule has 0 radical (unpaired) electrons. The van der Waals surface area contributed by atoms with Crippen LogP contribution in [0.5, 0.6) is 11.5 Å². The Morgan fingerprint density at radius 1 is 1.23 bits per heavy atom. The lowest BCUT2D eigenvalue weighted by Gasteiger charge is -2.15. The number of thiocarbonyl (C=S) groups is 1. The number of thioether (sulfide) groups is 1. The largest absolute Gasteiger partial charge is 0.493 e. The molecule has 0 unspecified atom stereocenters. The number of methoxy groups -OCH3 is 1. The third-order valence-electron chi connectivity index (χ3n) is 4.48. The number of ether oxygens (including phenoxy) is 2. The van der Waals surface area contributed by atoms with E-state index in [0.717, 1.165) is 31.5 Å². The van der Waals surface area contributed by atoms with Crippen LogP contribution >= 0.6 is 46.6 Å². The lowest BCUT2D eigenvalue weighted by Crippen LogP contribution is -2.21. The number of carbonyl (C=O) groups excluding carboxylic acids is 2. The van der Waals surface area contributed by atoms with Gasteiger partial charge in [-0.2, -0.15) is 0 Å². The summed E-state index contributed by atoms with van der Waals surface area (Å²) in [6.07, 6.45) is 1.74. The second kappa shape index (κ2) is 10.0. The molecule has 3 rings (SSSR count). The van der Waals surface area contributed by atoms with Crippen molar-refractivity contribution in [1.82, 2.24) is 5.32 Å². The van der Waals surface area contributed by atoms with Crippen molar-refractivity contribution in [3.8, 4) is 11.5 Å². The summed E-state index contributed by atoms with van der Waals surface area (Å²) in [5, 5.41) is 5.52. The third kappa shape index (κ3) is 5.78. The van der Waals surface area contributed by atoms with E-state index in [2.05, 4.69) is 33.2 Å². The predicted octanol–water partition coefficient (Wildman–Crippen LogP) is 4.73. The minimum atomic E-state index is -0.258. The van der Waals surface area contributed by atoms with Crippen molar-refractivity contribution in [3.05, 3.63) is 55.0 Å². The van der Waals surface area contributed by atoms with Crippen LogP contribution in [0.15, 0.2) is 29.2 Å². The molecule has 2 aromatic carbocycles. The molecule has 1 fully saturated rings. The number of nitrogens with one attached hydrogen (secondary N) is 2. The Bertz CT molecular complexity index is 1090. The predicted molar refractivity (Wildman–Crippen MR) is 137 cm³/mol. The Kier molecular flexibility index (Phi) is 7.60. The summed E-state index contributed by atoms with van der Waals surface area (Å²) in [5.74, 6) is 0.464. The highest BCUT2D eigenvalue weighted by atomic mass is 127. The Balaban J connectivity index is 1.75. The number of aryl methyl sites for hydroxylation is 3. The summed E-state index contributed by atoms with van der Waals surface area (Å²) in [6.45, 7) is 5.79. The monoisotopic (exact) mass is 568 g/mol. The molecule has 1 aliphatic heterocycles. The first-order valence-electron chi connectivity index (χ1n) is 9.31. The summed E-state index contributed by atoms with van der Waals surface area (Å²) in [5.41, 5.74) is 4.72. The van der Waals surface area contributed by atoms with E-state index in [4.69, 9.17) is 21.7 Å². The molecule has 1 saturated heterocycles. The van der Waals surface area contributed by atoms with Gasteiger partial charge in [-0.25, -0.2) is 0 Å². The van der Waals surface area contributed by atoms with E-state index in [1.54, 1.807) is 12.1 Å². The van der Waals surface area contributed by atoms with Gasteiger partial charge < -0.3 is 20.1 Å². The van der Waals surface area contributed by atoms with E-state index in [-0.39, 0.29) is 18.4 Å². The van der Waals surface area contributed by atoms with Crippen molar-refractivity contribution in [1.29, 1.82) is 0 Å². The molecule has 2 N–H and O–H groups in total. The number of carbonyl (C=O) groups is 2. The highest BCUT2D eigenvalue weighted by molar-refractivity contribution is 14.1. The van der Waals surface area contributed by atoms with Crippen LogP contribution < -0.4 is 20.1 Å². The summed E-state index contributed by atoms with van der Waals surface area (Å²) in [4.78, 5) is 24.9. The van der Waals surface area contributed by atoms with Crippen molar-refractivity contribution in [2.45, 2.75) is 20.8 Å². The number of rotatable bonds is 6. The zero-order chi connectivity index (χ0) is 22.7. The maximum atomic E-state index is 12.5. The summed E-state index contributed by atoms with van der Waals surface area (Å²) in [7, 11) is 1.53. The van der Waals surface area contributed by atoms with Gasteiger partial charge in [-0.3, -0.25) is 9.59 Å². The molecule has 0 atom stereocenters. The van der Waals surface area contributed by atoms with Gasteiger partial charge in [-0.1, -0.05) is 41.7 Å². The van der Waals surface area contributed by atoms with Gasteiger partial charge in [0.05, 0.1) is 15.6 Å². The van der Waals surface area contributed by atoms with Crippen LogP contribution in [0, 0.1) is 24.3 Å². The fourth-order valence-corrected chi connectivity index (χ4v) is 5.05. The van der Waals surface area contributed by atoms with Crippen molar-refractivity contribution < 1.29 is 19.1 Å². The van der Waals surface area contributed by atoms with Crippen molar-refractivity contribution >= 4 is 74.5 Å². The van der Waals surface area contributed by atoms with Crippen molar-refractivity contribution in [3.63, 3.8) is 0 Å². The van der Waals surface area contributed by atoms with Gasteiger partial charge in [0, 0.05) is 5.69 Å². The first-order valence-corrected chi connectivity index (χ1v) is 11.6. The van der Waals surface area contributed by atoms with Crippen LogP contribution in [0.25, 0.3) is 6.08 Å². The number of hydrogen-bond donors (Lipinski definition) is 2.